The van der Waals surface area contributed by atoms with Crippen LogP contribution in [-0.2, 0) is 4.79 Å². The van der Waals surface area contributed by atoms with Gasteiger partial charge in [-0.2, -0.15) is 0 Å². The first-order valence-electron chi connectivity index (χ1n) is 4.26. The van der Waals surface area contributed by atoms with E-state index in [0.29, 0.717) is 0 Å². The highest BCUT2D eigenvalue weighted by molar-refractivity contribution is 7.10. The first-order valence-corrected chi connectivity index (χ1v) is 5.14. The maximum absolute atomic E-state index is 9.25. The number of hydrogen-bond acceptors (Lipinski definition) is 3. The highest BCUT2D eigenvalue weighted by Crippen LogP contribution is 2.18. The topological polar surface area (TPSA) is 63.3 Å². The molecule has 1 aromatic heterocycles. The number of nitrogens with two attached hydrogens (primary N) is 1. The minimum Gasteiger partial charge on any atom is -0.478 e. The van der Waals surface area contributed by atoms with Crippen LogP contribution in [0.3, 0.4) is 0 Å². The average molecular weight is 213 g/mol. The highest BCUT2D eigenvalue weighted by atomic mass is 32.1. The Morgan fingerprint density at radius 1 is 1.86 bits per heavy atom. The van der Waals surface area contributed by atoms with Crippen molar-refractivity contribution in [2.75, 3.05) is 0 Å². The Hall–Kier alpha value is -1.13. The van der Waals surface area contributed by atoms with Crippen molar-refractivity contribution in [3.05, 3.63) is 35.0 Å². The van der Waals surface area contributed by atoms with Crippen molar-refractivity contribution in [3.63, 3.8) is 0 Å². The molecule has 0 fully saturated rings. The monoisotopic (exact) mass is 213 g/mol. The Kier molecular flexibility index (Phi) is 6.70. The lowest BCUT2D eigenvalue weighted by molar-refractivity contribution is -0.131. The summed E-state index contributed by atoms with van der Waals surface area (Å²) in [6.45, 7) is 5.06. The van der Waals surface area contributed by atoms with Crippen molar-refractivity contribution in [1.82, 2.24) is 0 Å². The quantitative estimate of drug-likeness (QED) is 0.758. The number of carbonyl (C=O) groups is 1. The van der Waals surface area contributed by atoms with Crippen molar-refractivity contribution >= 4 is 17.3 Å². The van der Waals surface area contributed by atoms with Gasteiger partial charge in [0.25, 0.3) is 0 Å². The van der Waals surface area contributed by atoms with Gasteiger partial charge < -0.3 is 10.8 Å². The van der Waals surface area contributed by atoms with Crippen molar-refractivity contribution in [1.29, 1.82) is 0 Å². The second kappa shape index (κ2) is 7.29. The van der Waals surface area contributed by atoms with Crippen LogP contribution in [0.15, 0.2) is 30.2 Å². The second-order valence-corrected chi connectivity index (χ2v) is 3.55. The molecule has 4 heteroatoms. The van der Waals surface area contributed by atoms with Crippen LogP contribution >= 0.6 is 11.3 Å². The van der Waals surface area contributed by atoms with E-state index in [-0.39, 0.29) is 6.04 Å². The predicted molar refractivity (Wildman–Crippen MR) is 59.4 cm³/mol. The molecule has 14 heavy (non-hydrogen) atoms. The molecule has 1 unspecified atom stereocenters. The van der Waals surface area contributed by atoms with Crippen molar-refractivity contribution in [2.24, 2.45) is 5.73 Å². The molecular weight excluding hydrogens is 198 g/mol. The van der Waals surface area contributed by atoms with Crippen LogP contribution in [0.5, 0.6) is 0 Å². The van der Waals surface area contributed by atoms with Gasteiger partial charge in [-0.1, -0.05) is 19.6 Å². The van der Waals surface area contributed by atoms with Crippen LogP contribution in [0, 0.1) is 0 Å². The van der Waals surface area contributed by atoms with Crippen molar-refractivity contribution in [3.8, 4) is 0 Å². The number of hydrogen-bond donors (Lipinski definition) is 2. The smallest absolute Gasteiger partial charge is 0.327 e. The van der Waals surface area contributed by atoms with E-state index >= 15 is 0 Å². The van der Waals surface area contributed by atoms with E-state index in [1.54, 1.807) is 11.3 Å². The predicted octanol–water partition coefficient (Wildman–Crippen LogP) is 2.41. The summed E-state index contributed by atoms with van der Waals surface area (Å²) in [4.78, 5) is 10.5. The van der Waals surface area contributed by atoms with Crippen LogP contribution < -0.4 is 5.73 Å². The molecular formula is C10H15NO2S. The maximum atomic E-state index is 9.25. The molecule has 0 aliphatic carbocycles. The van der Waals surface area contributed by atoms with Crippen molar-refractivity contribution < 1.29 is 9.90 Å². The summed E-state index contributed by atoms with van der Waals surface area (Å²) in [5, 5.41) is 9.66. The molecule has 1 aromatic rings. The number of rotatable bonds is 3. The van der Waals surface area contributed by atoms with Crippen LogP contribution in [0.1, 0.15) is 24.3 Å². The molecule has 3 N–H and O–H groups in total. The van der Waals surface area contributed by atoms with Crippen LogP contribution in [0.4, 0.5) is 0 Å². The molecule has 0 amide bonds. The summed E-state index contributed by atoms with van der Waals surface area (Å²) in [6, 6.07) is 4.37. The van der Waals surface area contributed by atoms with Crippen LogP contribution in [0.25, 0.3) is 0 Å². The van der Waals surface area contributed by atoms with Gasteiger partial charge in [0.05, 0.1) is 0 Å². The summed E-state index contributed by atoms with van der Waals surface area (Å²) in [7, 11) is 0. The lowest BCUT2D eigenvalue weighted by atomic mass is 10.2. The zero-order chi connectivity index (χ0) is 11.0. The van der Waals surface area contributed by atoms with Gasteiger partial charge in [-0.15, -0.1) is 11.3 Å². The molecule has 0 saturated carbocycles. The number of carboxylic acids is 1. The fraction of sp³-hybridized carbons (Fsp3) is 0.300. The summed E-state index contributed by atoms with van der Waals surface area (Å²) >= 11 is 1.73. The summed E-state index contributed by atoms with van der Waals surface area (Å²) < 4.78 is 0. The molecule has 0 aliphatic rings. The van der Waals surface area contributed by atoms with E-state index in [4.69, 9.17) is 10.8 Å². The molecule has 1 heterocycles. The van der Waals surface area contributed by atoms with Gasteiger partial charge in [0.1, 0.15) is 0 Å². The first kappa shape index (κ1) is 12.9. The van der Waals surface area contributed by atoms with E-state index in [0.717, 1.165) is 12.5 Å². The van der Waals surface area contributed by atoms with Crippen molar-refractivity contribution in [2.45, 2.75) is 19.4 Å². The van der Waals surface area contributed by atoms with Gasteiger partial charge in [-0.05, 0) is 17.9 Å². The Morgan fingerprint density at radius 3 is 2.71 bits per heavy atom. The van der Waals surface area contributed by atoms with Gasteiger partial charge in [-0.25, -0.2) is 4.79 Å². The Balaban J connectivity index is 0.000000292. The lowest BCUT2D eigenvalue weighted by Gasteiger charge is -2.02. The fourth-order valence-electron chi connectivity index (χ4n) is 0.703. The number of carboxylic acid groups (broad SMARTS) is 1. The van der Waals surface area contributed by atoms with Gasteiger partial charge in [-0.3, -0.25) is 0 Å². The Labute approximate surface area is 87.9 Å². The van der Waals surface area contributed by atoms with Gasteiger partial charge in [0.2, 0.25) is 0 Å². The SMILES string of the molecule is C=CC(=O)O.CCC(N)c1cccs1. The highest BCUT2D eigenvalue weighted by Gasteiger charge is 2.01. The van der Waals surface area contributed by atoms with Crippen LogP contribution in [-0.4, -0.2) is 11.1 Å². The third-order valence-corrected chi connectivity index (χ3v) is 2.53. The van der Waals surface area contributed by atoms with E-state index in [2.05, 4.69) is 24.9 Å². The maximum Gasteiger partial charge on any atom is 0.327 e. The van der Waals surface area contributed by atoms with Gasteiger partial charge >= 0.3 is 5.97 Å². The standard InChI is InChI=1S/C7H11NS.C3H4O2/c1-2-6(8)7-4-3-5-9-7;1-2-3(4)5/h3-6H,2,8H2,1H3;2H,1H2,(H,4,5). The van der Waals surface area contributed by atoms with Gasteiger partial charge in [0, 0.05) is 17.0 Å². The second-order valence-electron chi connectivity index (χ2n) is 2.57. The summed E-state index contributed by atoms with van der Waals surface area (Å²) in [5.74, 6) is -0.981. The van der Waals surface area contributed by atoms with E-state index in [9.17, 15) is 4.79 Å². The molecule has 0 spiro atoms. The minimum atomic E-state index is -0.981. The molecule has 78 valence electrons. The zero-order valence-electron chi connectivity index (χ0n) is 8.14. The Bertz CT molecular complexity index is 270. The molecule has 1 atom stereocenters. The molecule has 0 radical (unpaired) electrons. The zero-order valence-corrected chi connectivity index (χ0v) is 8.96. The van der Waals surface area contributed by atoms with E-state index < -0.39 is 5.97 Å². The summed E-state index contributed by atoms with van der Waals surface area (Å²) in [6.07, 6.45) is 1.86. The number of aliphatic carboxylic acids is 1. The molecule has 0 aliphatic heterocycles. The van der Waals surface area contributed by atoms with Crippen LogP contribution in [0.2, 0.25) is 0 Å². The third kappa shape index (κ3) is 5.50. The number of thiophene rings is 1. The van der Waals surface area contributed by atoms with E-state index in [1.807, 2.05) is 6.07 Å². The van der Waals surface area contributed by atoms with Gasteiger partial charge in [0.15, 0.2) is 0 Å². The largest absolute Gasteiger partial charge is 0.478 e. The normalized spacial score (nSPS) is 11.0. The fourth-order valence-corrected chi connectivity index (χ4v) is 1.52. The summed E-state index contributed by atoms with van der Waals surface area (Å²) in [5.41, 5.74) is 5.75. The first-order chi connectivity index (χ1) is 6.61. The Morgan fingerprint density at radius 2 is 2.43 bits per heavy atom. The molecule has 0 bridgehead atoms. The lowest BCUT2D eigenvalue weighted by Crippen LogP contribution is -2.05. The third-order valence-electron chi connectivity index (χ3n) is 1.52. The van der Waals surface area contributed by atoms with E-state index in [1.165, 1.54) is 4.88 Å². The minimum absolute atomic E-state index is 0.255. The molecule has 1 rings (SSSR count). The molecule has 3 nitrogen and oxygen atoms in total. The molecule has 0 saturated heterocycles. The molecule has 0 aromatic carbocycles. The average Bonchev–Trinajstić information content (AvgIpc) is 2.70.